The van der Waals surface area contributed by atoms with Crippen LogP contribution in [0.15, 0.2) is 34.2 Å². The van der Waals surface area contributed by atoms with Crippen molar-refractivity contribution in [2.24, 2.45) is 4.99 Å². The second-order valence-electron chi connectivity index (χ2n) is 5.53. The number of nitrogens with one attached hydrogen (secondary N) is 2. The molecule has 0 aromatic heterocycles. The Morgan fingerprint density at radius 1 is 1.32 bits per heavy atom. The third-order valence-electron chi connectivity index (χ3n) is 3.09. The molecule has 0 aliphatic carbocycles. The highest BCUT2D eigenvalue weighted by Gasteiger charge is 2.09. The first kappa shape index (κ1) is 24.5. The molecule has 0 radical (unpaired) electrons. The number of nitrogens with zero attached hydrogens (tertiary/aromatic N) is 1. The van der Waals surface area contributed by atoms with Crippen LogP contribution in [0.2, 0.25) is 0 Å². The predicted octanol–water partition coefficient (Wildman–Crippen LogP) is 2.91. The van der Waals surface area contributed by atoms with E-state index < -0.39 is 9.84 Å². The summed E-state index contributed by atoms with van der Waals surface area (Å²) in [6.45, 7) is 5.25. The summed E-state index contributed by atoms with van der Waals surface area (Å²) in [4.78, 5) is 5.49. The van der Waals surface area contributed by atoms with Crippen LogP contribution in [0.4, 0.5) is 4.39 Å². The highest BCUT2D eigenvalue weighted by molar-refractivity contribution is 14.0. The number of hydrogen-bond acceptors (Lipinski definition) is 4. The molecule has 5 nitrogen and oxygen atoms in total. The minimum Gasteiger partial charge on any atom is -0.357 e. The molecule has 0 heterocycles. The molecular weight excluding hydrogens is 476 g/mol. The van der Waals surface area contributed by atoms with Crippen LogP contribution in [0.5, 0.6) is 0 Å². The van der Waals surface area contributed by atoms with Gasteiger partial charge in [0.25, 0.3) is 0 Å². The number of sulfone groups is 1. The van der Waals surface area contributed by atoms with Crippen molar-refractivity contribution >= 4 is 51.5 Å². The number of halogens is 2. The molecule has 25 heavy (non-hydrogen) atoms. The number of aliphatic imine (C=N–C) groups is 1. The largest absolute Gasteiger partial charge is 0.357 e. The average Bonchev–Trinajstić information content (AvgIpc) is 2.51. The van der Waals surface area contributed by atoms with Crippen LogP contribution in [-0.4, -0.2) is 51.3 Å². The fourth-order valence-corrected chi connectivity index (χ4v) is 3.40. The lowest BCUT2D eigenvalue weighted by atomic mass is 10.3. The van der Waals surface area contributed by atoms with Gasteiger partial charge in [-0.05, 0) is 44.5 Å². The average molecular weight is 503 g/mol. The van der Waals surface area contributed by atoms with E-state index in [1.54, 1.807) is 23.9 Å². The van der Waals surface area contributed by atoms with E-state index in [1.807, 2.05) is 13.8 Å². The van der Waals surface area contributed by atoms with Crippen molar-refractivity contribution in [2.75, 3.05) is 30.9 Å². The van der Waals surface area contributed by atoms with Gasteiger partial charge in [-0.2, -0.15) is 0 Å². The Morgan fingerprint density at radius 2 is 1.96 bits per heavy atom. The van der Waals surface area contributed by atoms with E-state index in [1.165, 1.54) is 18.4 Å². The van der Waals surface area contributed by atoms with E-state index in [2.05, 4.69) is 15.6 Å². The monoisotopic (exact) mass is 503 g/mol. The van der Waals surface area contributed by atoms with Crippen LogP contribution in [0.1, 0.15) is 20.3 Å². The predicted molar refractivity (Wildman–Crippen MR) is 115 cm³/mol. The Bertz CT molecular complexity index is 625. The van der Waals surface area contributed by atoms with E-state index >= 15 is 0 Å². The maximum atomic E-state index is 12.8. The summed E-state index contributed by atoms with van der Waals surface area (Å²) in [5, 5.41) is 6.36. The van der Waals surface area contributed by atoms with Crippen molar-refractivity contribution in [3.8, 4) is 0 Å². The molecule has 0 spiro atoms. The molecule has 1 rings (SSSR count). The summed E-state index contributed by atoms with van der Waals surface area (Å²) < 4.78 is 35.3. The van der Waals surface area contributed by atoms with Crippen molar-refractivity contribution < 1.29 is 12.8 Å². The Balaban J connectivity index is 0.00000576. The topological polar surface area (TPSA) is 70.6 Å². The molecule has 0 saturated heterocycles. The molecule has 1 atom stereocenters. The maximum absolute atomic E-state index is 12.8. The van der Waals surface area contributed by atoms with Gasteiger partial charge in [-0.3, -0.25) is 4.99 Å². The summed E-state index contributed by atoms with van der Waals surface area (Å²) in [6.07, 6.45) is 1.78. The summed E-state index contributed by atoms with van der Waals surface area (Å²) in [5.41, 5.74) is 0. The van der Waals surface area contributed by atoms with Crippen LogP contribution in [0, 0.1) is 5.82 Å². The van der Waals surface area contributed by atoms with E-state index in [-0.39, 0.29) is 41.6 Å². The lowest BCUT2D eigenvalue weighted by molar-refractivity contribution is 0.581. The zero-order chi connectivity index (χ0) is 18.0. The highest BCUT2D eigenvalue weighted by Crippen LogP contribution is 2.17. The van der Waals surface area contributed by atoms with Crippen LogP contribution < -0.4 is 10.6 Å². The second kappa shape index (κ2) is 12.7. The van der Waals surface area contributed by atoms with E-state index in [0.29, 0.717) is 18.9 Å². The molecule has 0 fully saturated rings. The number of hydrogen-bond donors (Lipinski definition) is 2. The van der Waals surface area contributed by atoms with Gasteiger partial charge in [0.15, 0.2) is 5.96 Å². The molecule has 0 aliphatic heterocycles. The first-order valence-electron chi connectivity index (χ1n) is 7.91. The molecular formula is C16H27FIN3O2S2. The van der Waals surface area contributed by atoms with Gasteiger partial charge in [-0.25, -0.2) is 12.8 Å². The third kappa shape index (κ3) is 12.4. The summed E-state index contributed by atoms with van der Waals surface area (Å²) in [7, 11) is -2.95. The maximum Gasteiger partial charge on any atom is 0.191 e. The summed E-state index contributed by atoms with van der Waals surface area (Å²) in [6, 6.07) is 6.41. The number of guanidine groups is 1. The van der Waals surface area contributed by atoms with Crippen LogP contribution >= 0.6 is 35.7 Å². The standard InChI is InChI=1S/C16H26FN3O2S2.HI/c1-4-18-16(20-13(2)9-12-24(3,21)22)19-10-11-23-15-7-5-14(17)6-8-15;/h5-8,13H,4,9-12H2,1-3H3,(H2,18,19,20);1H. The molecule has 0 saturated carbocycles. The quantitative estimate of drug-likeness (QED) is 0.178. The van der Waals surface area contributed by atoms with Crippen LogP contribution in [0.25, 0.3) is 0 Å². The van der Waals surface area contributed by atoms with Gasteiger partial charge in [0.2, 0.25) is 0 Å². The number of rotatable bonds is 9. The first-order chi connectivity index (χ1) is 11.3. The van der Waals surface area contributed by atoms with Crippen molar-refractivity contribution in [3.05, 3.63) is 30.1 Å². The normalized spacial score (nSPS) is 13.0. The number of thioether (sulfide) groups is 1. The molecule has 1 aromatic rings. The Morgan fingerprint density at radius 3 is 2.52 bits per heavy atom. The molecule has 1 aromatic carbocycles. The minimum atomic E-state index is -2.95. The molecule has 0 bridgehead atoms. The first-order valence-corrected chi connectivity index (χ1v) is 11.0. The summed E-state index contributed by atoms with van der Waals surface area (Å²) in [5.74, 6) is 1.37. The van der Waals surface area contributed by atoms with E-state index in [0.717, 1.165) is 17.2 Å². The van der Waals surface area contributed by atoms with Crippen LogP contribution in [0.3, 0.4) is 0 Å². The van der Waals surface area contributed by atoms with Crippen molar-refractivity contribution in [2.45, 2.75) is 31.2 Å². The summed E-state index contributed by atoms with van der Waals surface area (Å²) >= 11 is 1.61. The van der Waals surface area contributed by atoms with Gasteiger partial charge in [-0.15, -0.1) is 35.7 Å². The Labute approximate surface area is 171 Å². The fraction of sp³-hybridized carbons (Fsp3) is 0.562. The van der Waals surface area contributed by atoms with Crippen molar-refractivity contribution in [1.82, 2.24) is 10.6 Å². The Kier molecular flexibility index (Phi) is 12.5. The van der Waals surface area contributed by atoms with Gasteiger partial charge in [0.1, 0.15) is 15.7 Å². The molecule has 9 heteroatoms. The van der Waals surface area contributed by atoms with Gasteiger partial charge in [0.05, 0.1) is 12.3 Å². The minimum absolute atomic E-state index is 0. The molecule has 0 amide bonds. The lowest BCUT2D eigenvalue weighted by Gasteiger charge is -2.17. The van der Waals surface area contributed by atoms with Gasteiger partial charge in [-0.1, -0.05) is 0 Å². The van der Waals surface area contributed by atoms with Gasteiger partial charge < -0.3 is 10.6 Å². The third-order valence-corrected chi connectivity index (χ3v) is 5.06. The van der Waals surface area contributed by atoms with Crippen LogP contribution in [-0.2, 0) is 9.84 Å². The van der Waals surface area contributed by atoms with Crippen molar-refractivity contribution in [1.29, 1.82) is 0 Å². The second-order valence-corrected chi connectivity index (χ2v) is 8.96. The molecule has 1 unspecified atom stereocenters. The highest BCUT2D eigenvalue weighted by atomic mass is 127. The smallest absolute Gasteiger partial charge is 0.191 e. The Hall–Kier alpha value is -0.550. The lowest BCUT2D eigenvalue weighted by Crippen LogP contribution is -2.43. The SMILES string of the molecule is CCNC(=NCCSc1ccc(F)cc1)NC(C)CCS(C)(=O)=O.I. The zero-order valence-corrected chi connectivity index (χ0v) is 18.8. The molecule has 0 aliphatic rings. The zero-order valence-electron chi connectivity index (χ0n) is 14.8. The number of benzene rings is 1. The molecule has 2 N–H and O–H groups in total. The van der Waals surface area contributed by atoms with Crippen molar-refractivity contribution in [3.63, 3.8) is 0 Å². The molecule has 144 valence electrons. The fourth-order valence-electron chi connectivity index (χ4n) is 1.87. The van der Waals surface area contributed by atoms with E-state index in [4.69, 9.17) is 0 Å². The van der Waals surface area contributed by atoms with E-state index in [9.17, 15) is 12.8 Å². The van der Waals surface area contributed by atoms with Gasteiger partial charge >= 0.3 is 0 Å². The van der Waals surface area contributed by atoms with Gasteiger partial charge in [0, 0.05) is 29.5 Å².